The van der Waals surface area contributed by atoms with Crippen LogP contribution in [-0.4, -0.2) is 27.7 Å². The number of hydrogen-bond acceptors (Lipinski definition) is 6. The smallest absolute Gasteiger partial charge is 0.371 e. The summed E-state index contributed by atoms with van der Waals surface area (Å²) < 4.78 is 12.2. The normalized spacial score (nSPS) is 11.2. The predicted molar refractivity (Wildman–Crippen MR) is 114 cm³/mol. The molecule has 0 radical (unpaired) electrons. The number of rotatable bonds is 6. The molecule has 0 unspecified atom stereocenters. The van der Waals surface area contributed by atoms with E-state index >= 15 is 0 Å². The van der Waals surface area contributed by atoms with E-state index in [9.17, 15) is 9.59 Å². The second-order valence-electron chi connectivity index (χ2n) is 6.98. The number of methoxy groups -OCH3 is 1. The van der Waals surface area contributed by atoms with Gasteiger partial charge in [-0.15, -0.1) is 11.3 Å². The molecule has 0 saturated heterocycles. The summed E-state index contributed by atoms with van der Waals surface area (Å²) in [5.74, 6) is 0.417. The Labute approximate surface area is 176 Å². The van der Waals surface area contributed by atoms with Gasteiger partial charge in [-0.05, 0) is 49.2 Å². The lowest BCUT2D eigenvalue weighted by molar-refractivity contribution is 0.0660. The van der Waals surface area contributed by atoms with E-state index in [4.69, 9.17) is 19.2 Å². The third-order valence-electron chi connectivity index (χ3n) is 5.08. The summed E-state index contributed by atoms with van der Waals surface area (Å²) in [5, 5.41) is 9.71. The third-order valence-corrected chi connectivity index (χ3v) is 6.18. The van der Waals surface area contributed by atoms with E-state index < -0.39 is 5.97 Å². The van der Waals surface area contributed by atoms with Crippen molar-refractivity contribution in [2.75, 3.05) is 7.11 Å². The van der Waals surface area contributed by atoms with Gasteiger partial charge >= 0.3 is 5.97 Å². The van der Waals surface area contributed by atoms with E-state index in [2.05, 4.69) is 0 Å². The number of nitrogens with zero attached hydrogens (tertiary/aromatic N) is 2. The van der Waals surface area contributed by atoms with E-state index in [-0.39, 0.29) is 17.9 Å². The van der Waals surface area contributed by atoms with Gasteiger partial charge in [-0.1, -0.05) is 12.1 Å². The van der Waals surface area contributed by atoms with E-state index in [1.165, 1.54) is 17.4 Å². The summed E-state index contributed by atoms with van der Waals surface area (Å²) in [7, 11) is 1.61. The zero-order valence-electron chi connectivity index (χ0n) is 16.8. The fourth-order valence-electron chi connectivity index (χ4n) is 3.33. The second kappa shape index (κ2) is 7.79. The molecule has 0 bridgehead atoms. The van der Waals surface area contributed by atoms with Crippen molar-refractivity contribution in [3.8, 4) is 5.75 Å². The van der Waals surface area contributed by atoms with Crippen molar-refractivity contribution >= 4 is 27.5 Å². The Morgan fingerprint density at radius 3 is 2.57 bits per heavy atom. The van der Waals surface area contributed by atoms with Crippen LogP contribution in [-0.2, 0) is 13.0 Å². The molecule has 8 heteroatoms. The van der Waals surface area contributed by atoms with Crippen molar-refractivity contribution in [1.82, 2.24) is 9.55 Å². The highest BCUT2D eigenvalue weighted by atomic mass is 32.1. The van der Waals surface area contributed by atoms with Crippen LogP contribution in [0, 0.1) is 13.8 Å². The molecule has 1 aromatic carbocycles. The Kier molecular flexibility index (Phi) is 5.17. The number of aromatic carboxylic acids is 1. The highest BCUT2D eigenvalue weighted by Gasteiger charge is 2.18. The number of fused-ring (bicyclic) bond motifs is 1. The Hall–Kier alpha value is -3.39. The molecule has 0 aliphatic carbocycles. The number of carbonyl (C=O) groups is 1. The van der Waals surface area contributed by atoms with E-state index in [1.54, 1.807) is 17.7 Å². The lowest BCUT2D eigenvalue weighted by Gasteiger charge is -2.12. The second-order valence-corrected chi connectivity index (χ2v) is 8.18. The predicted octanol–water partition coefficient (Wildman–Crippen LogP) is 4.01. The number of aryl methyl sites for hydroxylation is 2. The Balaban J connectivity index is 1.82. The first-order valence-electron chi connectivity index (χ1n) is 9.31. The quantitative estimate of drug-likeness (QED) is 0.502. The van der Waals surface area contributed by atoms with Gasteiger partial charge < -0.3 is 14.3 Å². The molecule has 0 fully saturated rings. The van der Waals surface area contributed by atoms with E-state index in [0.29, 0.717) is 28.2 Å². The average Bonchev–Trinajstić information content (AvgIpc) is 3.30. The van der Waals surface area contributed by atoms with Crippen LogP contribution in [0.25, 0.3) is 10.2 Å². The number of hydrogen-bond donors (Lipinski definition) is 1. The Bertz CT molecular complexity index is 1300. The van der Waals surface area contributed by atoms with Gasteiger partial charge in [0.15, 0.2) is 0 Å². The van der Waals surface area contributed by atoms with Gasteiger partial charge in [-0.25, -0.2) is 9.78 Å². The van der Waals surface area contributed by atoms with Crippen LogP contribution in [0.4, 0.5) is 0 Å². The fourth-order valence-corrected chi connectivity index (χ4v) is 4.37. The molecular weight excluding hydrogens is 404 g/mol. The standard InChI is InChI=1S/C22H20N2O5S/c1-12-13(2)30-20-19(12)21(25)24(11-16-8-9-17(29-16)22(26)27)18(23-20)10-14-4-6-15(28-3)7-5-14/h4-9H,10-11H2,1-3H3,(H,26,27). The molecule has 4 rings (SSSR count). The average molecular weight is 424 g/mol. The molecule has 1 N–H and O–H groups in total. The van der Waals surface area contributed by atoms with Gasteiger partial charge in [0.25, 0.3) is 5.56 Å². The molecule has 7 nitrogen and oxygen atoms in total. The number of thiophene rings is 1. The minimum atomic E-state index is -1.15. The summed E-state index contributed by atoms with van der Waals surface area (Å²) in [4.78, 5) is 31.0. The summed E-state index contributed by atoms with van der Waals surface area (Å²) in [6, 6.07) is 10.5. The van der Waals surface area contributed by atoms with Crippen molar-refractivity contribution in [3.63, 3.8) is 0 Å². The number of aromatic nitrogens is 2. The molecule has 30 heavy (non-hydrogen) atoms. The SMILES string of the molecule is COc1ccc(Cc2nc3sc(C)c(C)c3c(=O)n2Cc2ccc(C(=O)O)o2)cc1. The van der Waals surface area contributed by atoms with Crippen LogP contribution >= 0.6 is 11.3 Å². The topological polar surface area (TPSA) is 94.6 Å². The lowest BCUT2D eigenvalue weighted by atomic mass is 10.1. The first-order chi connectivity index (χ1) is 14.4. The van der Waals surface area contributed by atoms with E-state index in [0.717, 1.165) is 21.8 Å². The lowest BCUT2D eigenvalue weighted by Crippen LogP contribution is -2.26. The molecule has 0 amide bonds. The van der Waals surface area contributed by atoms with Gasteiger partial charge in [0, 0.05) is 11.3 Å². The number of benzene rings is 1. The van der Waals surface area contributed by atoms with Crippen LogP contribution in [0.15, 0.2) is 45.6 Å². The monoisotopic (exact) mass is 424 g/mol. The highest BCUT2D eigenvalue weighted by molar-refractivity contribution is 7.18. The van der Waals surface area contributed by atoms with Crippen LogP contribution in [0.3, 0.4) is 0 Å². The van der Waals surface area contributed by atoms with Crippen LogP contribution in [0.2, 0.25) is 0 Å². The molecule has 0 saturated carbocycles. The fraction of sp³-hybridized carbons (Fsp3) is 0.227. The highest BCUT2D eigenvalue weighted by Crippen LogP contribution is 2.27. The number of furan rings is 1. The van der Waals surface area contributed by atoms with Gasteiger partial charge in [-0.2, -0.15) is 0 Å². The van der Waals surface area contributed by atoms with Gasteiger partial charge in [0.05, 0.1) is 19.0 Å². The molecule has 0 atom stereocenters. The zero-order chi connectivity index (χ0) is 21.4. The Morgan fingerprint density at radius 1 is 1.20 bits per heavy atom. The first kappa shape index (κ1) is 19.9. The number of carboxylic acid groups (broad SMARTS) is 1. The van der Waals surface area contributed by atoms with Crippen LogP contribution < -0.4 is 10.3 Å². The van der Waals surface area contributed by atoms with Gasteiger partial charge in [-0.3, -0.25) is 9.36 Å². The molecule has 3 aromatic heterocycles. The largest absolute Gasteiger partial charge is 0.497 e. The number of carboxylic acids is 1. The summed E-state index contributed by atoms with van der Waals surface area (Å²) in [6.07, 6.45) is 0.442. The number of ether oxygens (including phenoxy) is 1. The minimum absolute atomic E-state index is 0.106. The molecule has 0 aliphatic heterocycles. The molecular formula is C22H20N2O5S. The zero-order valence-corrected chi connectivity index (χ0v) is 17.6. The van der Waals surface area contributed by atoms with Crippen LogP contribution in [0.1, 0.15) is 38.1 Å². The Morgan fingerprint density at radius 2 is 1.93 bits per heavy atom. The molecule has 154 valence electrons. The summed E-state index contributed by atoms with van der Waals surface area (Å²) in [6.45, 7) is 4.00. The summed E-state index contributed by atoms with van der Waals surface area (Å²) in [5.41, 5.74) is 1.74. The van der Waals surface area contributed by atoms with Crippen molar-refractivity contribution in [1.29, 1.82) is 0 Å². The maximum atomic E-state index is 13.4. The molecule has 4 aromatic rings. The molecule has 0 spiro atoms. The van der Waals surface area contributed by atoms with Crippen molar-refractivity contribution < 1.29 is 19.1 Å². The summed E-state index contributed by atoms with van der Waals surface area (Å²) >= 11 is 1.50. The maximum absolute atomic E-state index is 13.4. The third kappa shape index (κ3) is 3.61. The molecule has 3 heterocycles. The van der Waals surface area contributed by atoms with Crippen molar-refractivity contribution in [3.05, 3.63) is 80.1 Å². The van der Waals surface area contributed by atoms with Crippen LogP contribution in [0.5, 0.6) is 5.75 Å². The minimum Gasteiger partial charge on any atom is -0.497 e. The maximum Gasteiger partial charge on any atom is 0.371 e. The van der Waals surface area contributed by atoms with Crippen molar-refractivity contribution in [2.45, 2.75) is 26.8 Å². The van der Waals surface area contributed by atoms with Gasteiger partial charge in [0.2, 0.25) is 5.76 Å². The van der Waals surface area contributed by atoms with Gasteiger partial charge in [0.1, 0.15) is 22.2 Å². The van der Waals surface area contributed by atoms with Crippen molar-refractivity contribution in [2.24, 2.45) is 0 Å². The molecule has 0 aliphatic rings. The first-order valence-corrected chi connectivity index (χ1v) is 10.1. The van der Waals surface area contributed by atoms with E-state index in [1.807, 2.05) is 38.1 Å².